The summed E-state index contributed by atoms with van der Waals surface area (Å²) >= 11 is 0. The van der Waals surface area contributed by atoms with E-state index < -0.39 is 0 Å². The summed E-state index contributed by atoms with van der Waals surface area (Å²) in [7, 11) is 0. The highest BCUT2D eigenvalue weighted by Gasteiger charge is 2.10. The van der Waals surface area contributed by atoms with Crippen molar-refractivity contribution >= 4 is 5.95 Å². The first kappa shape index (κ1) is 16.8. The lowest BCUT2D eigenvalue weighted by atomic mass is 10.0. The quantitative estimate of drug-likeness (QED) is 0.649. The highest BCUT2D eigenvalue weighted by molar-refractivity contribution is 5.28. The fraction of sp³-hybridized carbons (Fsp3) is 0.526. The molecule has 1 aliphatic rings. The van der Waals surface area contributed by atoms with Crippen LogP contribution in [0.15, 0.2) is 30.5 Å². The molecule has 0 atom stereocenters. The van der Waals surface area contributed by atoms with Gasteiger partial charge in [0.1, 0.15) is 0 Å². The number of benzene rings is 1. The molecule has 1 saturated heterocycles. The van der Waals surface area contributed by atoms with E-state index >= 15 is 0 Å². The Labute approximate surface area is 144 Å². The topological polar surface area (TPSA) is 64.2 Å². The van der Waals surface area contributed by atoms with E-state index in [-0.39, 0.29) is 5.88 Å². The third-order valence-electron chi connectivity index (χ3n) is 4.59. The van der Waals surface area contributed by atoms with Crippen molar-refractivity contribution in [3.63, 3.8) is 0 Å². The first-order valence-corrected chi connectivity index (χ1v) is 9.07. The number of nitrogens with one attached hydrogen (secondary N) is 2. The van der Waals surface area contributed by atoms with Gasteiger partial charge in [0.2, 0.25) is 11.8 Å². The van der Waals surface area contributed by atoms with Gasteiger partial charge in [0.05, 0.1) is 6.20 Å². The van der Waals surface area contributed by atoms with Crippen LogP contribution in [0.5, 0.6) is 5.88 Å². The number of unbranched alkanes of at least 4 members (excludes halogenated alkanes) is 1. The number of aromatic amines is 1. The van der Waals surface area contributed by atoms with E-state index in [1.807, 2.05) is 0 Å². The van der Waals surface area contributed by atoms with Crippen molar-refractivity contribution in [3.05, 3.63) is 41.6 Å². The van der Waals surface area contributed by atoms with Crippen molar-refractivity contribution in [1.29, 1.82) is 0 Å². The van der Waals surface area contributed by atoms with Crippen LogP contribution in [0, 0.1) is 0 Å². The molecule has 0 radical (unpaired) electrons. The Bertz CT molecular complexity index is 619. The van der Waals surface area contributed by atoms with Crippen LogP contribution < -0.4 is 5.32 Å². The normalized spacial score (nSPS) is 15.5. The maximum atomic E-state index is 9.19. The molecule has 0 spiro atoms. The second kappa shape index (κ2) is 8.73. The summed E-state index contributed by atoms with van der Waals surface area (Å²) in [4.78, 5) is 9.35. The lowest BCUT2D eigenvalue weighted by Gasteiger charge is -2.26. The summed E-state index contributed by atoms with van der Waals surface area (Å²) in [5.41, 5.74) is 2.87. The van der Waals surface area contributed by atoms with Gasteiger partial charge in [0.25, 0.3) is 0 Å². The molecule has 0 amide bonds. The molecule has 5 heteroatoms. The van der Waals surface area contributed by atoms with Crippen LogP contribution in [0.4, 0.5) is 5.95 Å². The van der Waals surface area contributed by atoms with Crippen molar-refractivity contribution in [1.82, 2.24) is 14.9 Å². The van der Waals surface area contributed by atoms with Gasteiger partial charge in [-0.2, -0.15) is 0 Å². The molecule has 1 aromatic heterocycles. The zero-order valence-corrected chi connectivity index (χ0v) is 14.3. The van der Waals surface area contributed by atoms with Gasteiger partial charge in [0.15, 0.2) is 0 Å². The number of nitrogens with zero attached hydrogens (tertiary/aromatic N) is 2. The maximum absolute atomic E-state index is 9.19. The zero-order valence-electron chi connectivity index (χ0n) is 14.3. The van der Waals surface area contributed by atoms with Gasteiger partial charge in [-0.15, -0.1) is 0 Å². The van der Waals surface area contributed by atoms with E-state index in [4.69, 9.17) is 0 Å². The van der Waals surface area contributed by atoms with Crippen molar-refractivity contribution in [2.24, 2.45) is 0 Å². The Kier molecular flexibility index (Phi) is 6.13. The maximum Gasteiger partial charge on any atom is 0.210 e. The van der Waals surface area contributed by atoms with Crippen LogP contribution in [-0.2, 0) is 13.0 Å². The fourth-order valence-corrected chi connectivity index (χ4v) is 3.32. The molecular formula is C19H28N4O. The average molecular weight is 328 g/mol. The Hall–Kier alpha value is -2.01. The SMILES string of the molecule is Oc1cnc(NCCCCc2cccc(CN3CCCCC3)c2)[nH]1. The summed E-state index contributed by atoms with van der Waals surface area (Å²) in [6.07, 6.45) is 8.84. The number of anilines is 1. The summed E-state index contributed by atoms with van der Waals surface area (Å²) in [6, 6.07) is 9.05. The van der Waals surface area contributed by atoms with Gasteiger partial charge in [0, 0.05) is 13.1 Å². The minimum Gasteiger partial charge on any atom is -0.493 e. The molecule has 1 fully saturated rings. The van der Waals surface area contributed by atoms with E-state index in [0.29, 0.717) is 5.95 Å². The fourth-order valence-electron chi connectivity index (χ4n) is 3.32. The standard InChI is InChI=1S/C19H28N4O/c24-18-14-21-19(22-18)20-10-3-2-7-16-8-6-9-17(13-16)15-23-11-4-1-5-12-23/h6,8-9,13-14,24H,1-5,7,10-12,15H2,(H2,20,21,22). The Balaban J connectivity index is 1.38. The van der Waals surface area contributed by atoms with E-state index in [0.717, 1.165) is 32.4 Å². The Morgan fingerprint density at radius 2 is 1.96 bits per heavy atom. The number of imidazole rings is 1. The number of piperidine rings is 1. The van der Waals surface area contributed by atoms with E-state index in [1.165, 1.54) is 49.7 Å². The van der Waals surface area contributed by atoms with E-state index in [2.05, 4.69) is 44.5 Å². The first-order chi connectivity index (χ1) is 11.8. The molecule has 1 aliphatic heterocycles. The molecule has 0 aliphatic carbocycles. The van der Waals surface area contributed by atoms with Gasteiger partial charge >= 0.3 is 0 Å². The molecular weight excluding hydrogens is 300 g/mol. The van der Waals surface area contributed by atoms with Crippen molar-refractivity contribution in [2.75, 3.05) is 25.0 Å². The zero-order chi connectivity index (χ0) is 16.6. The molecule has 0 bridgehead atoms. The van der Waals surface area contributed by atoms with Crippen LogP contribution in [0.3, 0.4) is 0 Å². The highest BCUT2D eigenvalue weighted by Crippen LogP contribution is 2.15. The van der Waals surface area contributed by atoms with Gasteiger partial charge in [-0.3, -0.25) is 9.88 Å². The van der Waals surface area contributed by atoms with Crippen LogP contribution >= 0.6 is 0 Å². The Morgan fingerprint density at radius 3 is 2.75 bits per heavy atom. The number of aryl methyl sites for hydroxylation is 1. The lowest BCUT2D eigenvalue weighted by Crippen LogP contribution is -2.29. The van der Waals surface area contributed by atoms with Gasteiger partial charge in [-0.05, 0) is 56.3 Å². The molecule has 5 nitrogen and oxygen atoms in total. The Morgan fingerprint density at radius 1 is 1.12 bits per heavy atom. The van der Waals surface area contributed by atoms with Crippen LogP contribution in [-0.4, -0.2) is 39.6 Å². The molecule has 2 aromatic rings. The van der Waals surface area contributed by atoms with Crippen molar-refractivity contribution in [2.45, 2.75) is 45.1 Å². The molecule has 0 saturated carbocycles. The minimum absolute atomic E-state index is 0.100. The molecule has 24 heavy (non-hydrogen) atoms. The van der Waals surface area contributed by atoms with Crippen LogP contribution in [0.25, 0.3) is 0 Å². The molecule has 3 rings (SSSR count). The smallest absolute Gasteiger partial charge is 0.210 e. The molecule has 0 unspecified atom stereocenters. The summed E-state index contributed by atoms with van der Waals surface area (Å²) in [5.74, 6) is 0.735. The van der Waals surface area contributed by atoms with E-state index in [9.17, 15) is 5.11 Å². The third kappa shape index (κ3) is 5.27. The highest BCUT2D eigenvalue weighted by atomic mass is 16.3. The third-order valence-corrected chi connectivity index (χ3v) is 4.59. The molecule has 3 N–H and O–H groups in total. The number of likely N-dealkylation sites (tertiary alicyclic amines) is 1. The van der Waals surface area contributed by atoms with Crippen LogP contribution in [0.2, 0.25) is 0 Å². The molecule has 130 valence electrons. The monoisotopic (exact) mass is 328 g/mol. The van der Waals surface area contributed by atoms with Gasteiger partial charge in [-0.25, -0.2) is 4.98 Å². The molecule has 2 heterocycles. The predicted octanol–water partition coefficient (Wildman–Crippen LogP) is 3.54. The first-order valence-electron chi connectivity index (χ1n) is 9.07. The largest absolute Gasteiger partial charge is 0.493 e. The number of aromatic hydroxyl groups is 1. The van der Waals surface area contributed by atoms with Crippen LogP contribution in [0.1, 0.15) is 43.2 Å². The minimum atomic E-state index is 0.100. The van der Waals surface area contributed by atoms with Crippen molar-refractivity contribution < 1.29 is 5.11 Å². The summed E-state index contributed by atoms with van der Waals surface area (Å²) in [6.45, 7) is 4.45. The second-order valence-corrected chi connectivity index (χ2v) is 6.66. The number of rotatable bonds is 8. The summed E-state index contributed by atoms with van der Waals surface area (Å²) < 4.78 is 0. The average Bonchev–Trinajstić information content (AvgIpc) is 3.01. The number of aromatic nitrogens is 2. The van der Waals surface area contributed by atoms with Gasteiger partial charge < -0.3 is 10.4 Å². The van der Waals surface area contributed by atoms with Crippen molar-refractivity contribution in [3.8, 4) is 5.88 Å². The second-order valence-electron chi connectivity index (χ2n) is 6.66. The number of hydrogen-bond acceptors (Lipinski definition) is 4. The van der Waals surface area contributed by atoms with Gasteiger partial charge in [-0.1, -0.05) is 30.7 Å². The molecule has 1 aromatic carbocycles. The predicted molar refractivity (Wildman–Crippen MR) is 97.3 cm³/mol. The lowest BCUT2D eigenvalue weighted by molar-refractivity contribution is 0.221. The van der Waals surface area contributed by atoms with E-state index in [1.54, 1.807) is 0 Å². The number of hydrogen-bond donors (Lipinski definition) is 3. The summed E-state index contributed by atoms with van der Waals surface area (Å²) in [5, 5.41) is 12.4. The number of H-pyrrole nitrogens is 1.